The zero-order valence-electron chi connectivity index (χ0n) is 13.3. The van der Waals surface area contributed by atoms with E-state index < -0.39 is 11.6 Å². The lowest BCUT2D eigenvalue weighted by Crippen LogP contribution is -2.37. The van der Waals surface area contributed by atoms with E-state index in [0.29, 0.717) is 16.3 Å². The maximum Gasteiger partial charge on any atom is 0.347 e. The summed E-state index contributed by atoms with van der Waals surface area (Å²) < 4.78 is 5.40. The Kier molecular flexibility index (Phi) is 5.42. The van der Waals surface area contributed by atoms with Gasteiger partial charge >= 0.3 is 5.97 Å². The third-order valence-corrected chi connectivity index (χ3v) is 3.58. The highest BCUT2D eigenvalue weighted by Crippen LogP contribution is 2.20. The molecule has 0 radical (unpaired) electrons. The third kappa shape index (κ3) is 4.70. The van der Waals surface area contributed by atoms with Gasteiger partial charge in [0, 0.05) is 10.6 Å². The number of ketones is 1. The van der Waals surface area contributed by atoms with Gasteiger partial charge in [0.1, 0.15) is 5.75 Å². The van der Waals surface area contributed by atoms with Crippen molar-refractivity contribution in [2.24, 2.45) is 0 Å². The predicted molar refractivity (Wildman–Crippen MR) is 93.6 cm³/mol. The van der Waals surface area contributed by atoms with Gasteiger partial charge in [-0.1, -0.05) is 29.8 Å². The van der Waals surface area contributed by atoms with E-state index in [4.69, 9.17) is 21.4 Å². The number of ether oxygens (including phenoxy) is 1. The fourth-order valence-electron chi connectivity index (χ4n) is 1.87. The number of allylic oxidation sites excluding steroid dienone is 1. The molecule has 2 aromatic rings. The number of halogens is 1. The monoisotopic (exact) mass is 344 g/mol. The van der Waals surface area contributed by atoms with E-state index in [-0.39, 0.29) is 5.78 Å². The highest BCUT2D eigenvalue weighted by atomic mass is 35.5. The number of carboxylic acids is 1. The molecule has 0 amide bonds. The Balaban J connectivity index is 2.06. The zero-order chi connectivity index (χ0) is 17.7. The van der Waals surface area contributed by atoms with Gasteiger partial charge in [0.05, 0.1) is 0 Å². The van der Waals surface area contributed by atoms with Gasteiger partial charge in [-0.15, -0.1) is 0 Å². The van der Waals surface area contributed by atoms with Crippen LogP contribution in [0.15, 0.2) is 54.6 Å². The van der Waals surface area contributed by atoms with E-state index >= 15 is 0 Å². The van der Waals surface area contributed by atoms with Gasteiger partial charge < -0.3 is 9.84 Å². The summed E-state index contributed by atoms with van der Waals surface area (Å²) in [6.07, 6.45) is 3.18. The average Bonchev–Trinajstić information content (AvgIpc) is 2.54. The summed E-state index contributed by atoms with van der Waals surface area (Å²) in [6, 6.07) is 13.5. The summed E-state index contributed by atoms with van der Waals surface area (Å²) in [4.78, 5) is 23.2. The van der Waals surface area contributed by atoms with Crippen molar-refractivity contribution in [1.82, 2.24) is 0 Å². The molecule has 2 rings (SSSR count). The Morgan fingerprint density at radius 3 is 2.17 bits per heavy atom. The minimum absolute atomic E-state index is 0.158. The van der Waals surface area contributed by atoms with Gasteiger partial charge in [0.25, 0.3) is 0 Å². The van der Waals surface area contributed by atoms with E-state index in [1.807, 2.05) is 12.1 Å². The molecule has 4 nitrogen and oxygen atoms in total. The van der Waals surface area contributed by atoms with Crippen LogP contribution in [0.5, 0.6) is 5.75 Å². The SMILES string of the molecule is CC(C)(Oc1ccc(C(=O)/C=C/c2ccc(Cl)cc2)cc1)C(=O)O. The van der Waals surface area contributed by atoms with Crippen LogP contribution in [-0.2, 0) is 4.79 Å². The summed E-state index contributed by atoms with van der Waals surface area (Å²) >= 11 is 5.81. The largest absolute Gasteiger partial charge is 0.478 e. The minimum Gasteiger partial charge on any atom is -0.478 e. The number of carbonyl (C=O) groups is 2. The van der Waals surface area contributed by atoms with E-state index in [2.05, 4.69) is 0 Å². The molecule has 0 spiro atoms. The van der Waals surface area contributed by atoms with Crippen LogP contribution in [0, 0.1) is 0 Å². The molecule has 0 heterocycles. The van der Waals surface area contributed by atoms with Crippen LogP contribution in [0.2, 0.25) is 5.02 Å². The van der Waals surface area contributed by atoms with Gasteiger partial charge in [-0.05, 0) is 61.9 Å². The predicted octanol–water partition coefficient (Wildman–Crippen LogP) is 4.48. The van der Waals surface area contributed by atoms with Crippen molar-refractivity contribution in [3.63, 3.8) is 0 Å². The molecule has 2 aromatic carbocycles. The molecule has 124 valence electrons. The van der Waals surface area contributed by atoms with E-state index in [1.165, 1.54) is 19.9 Å². The molecule has 0 aromatic heterocycles. The molecular formula is C19H17ClO4. The standard InChI is InChI=1S/C19H17ClO4/c1-19(2,18(22)23)24-16-10-6-14(7-11-16)17(21)12-5-13-3-8-15(20)9-4-13/h3-12H,1-2H3,(H,22,23)/b12-5+. The van der Waals surface area contributed by atoms with E-state index in [0.717, 1.165) is 5.56 Å². The average molecular weight is 345 g/mol. The van der Waals surface area contributed by atoms with Crippen molar-refractivity contribution < 1.29 is 19.4 Å². The molecule has 24 heavy (non-hydrogen) atoms. The first-order chi connectivity index (χ1) is 11.3. The smallest absolute Gasteiger partial charge is 0.347 e. The second kappa shape index (κ2) is 7.32. The number of carbonyl (C=O) groups excluding carboxylic acids is 1. The minimum atomic E-state index is -1.33. The lowest BCUT2D eigenvalue weighted by Gasteiger charge is -2.21. The maximum absolute atomic E-state index is 12.1. The van der Waals surface area contributed by atoms with Crippen LogP contribution in [0.4, 0.5) is 0 Å². The Morgan fingerprint density at radius 2 is 1.62 bits per heavy atom. The first-order valence-corrected chi connectivity index (χ1v) is 7.66. The van der Waals surface area contributed by atoms with Crippen molar-refractivity contribution in [2.45, 2.75) is 19.4 Å². The highest BCUT2D eigenvalue weighted by molar-refractivity contribution is 6.30. The Hall–Kier alpha value is -2.59. The number of benzene rings is 2. The van der Waals surface area contributed by atoms with Crippen molar-refractivity contribution in [1.29, 1.82) is 0 Å². The zero-order valence-corrected chi connectivity index (χ0v) is 14.1. The van der Waals surface area contributed by atoms with E-state index in [1.54, 1.807) is 42.5 Å². The third-order valence-electron chi connectivity index (χ3n) is 3.32. The number of hydrogen-bond acceptors (Lipinski definition) is 3. The summed E-state index contributed by atoms with van der Waals surface area (Å²) in [5, 5.41) is 9.68. The topological polar surface area (TPSA) is 63.6 Å². The first-order valence-electron chi connectivity index (χ1n) is 7.28. The first kappa shape index (κ1) is 17.8. The Labute approximate surface area is 145 Å². The number of carboxylic acid groups (broad SMARTS) is 1. The van der Waals surface area contributed by atoms with Crippen LogP contribution < -0.4 is 4.74 Å². The van der Waals surface area contributed by atoms with Crippen LogP contribution in [0.1, 0.15) is 29.8 Å². The van der Waals surface area contributed by atoms with E-state index in [9.17, 15) is 9.59 Å². The second-order valence-electron chi connectivity index (χ2n) is 5.69. The van der Waals surface area contributed by atoms with Gasteiger partial charge in [0.15, 0.2) is 11.4 Å². The van der Waals surface area contributed by atoms with Crippen LogP contribution in [-0.4, -0.2) is 22.5 Å². The molecule has 0 aliphatic carbocycles. The normalized spacial score (nSPS) is 11.5. The van der Waals surface area contributed by atoms with Gasteiger partial charge in [-0.25, -0.2) is 4.79 Å². The summed E-state index contributed by atoms with van der Waals surface area (Å²) in [6.45, 7) is 2.92. The lowest BCUT2D eigenvalue weighted by molar-refractivity contribution is -0.152. The Bertz CT molecular complexity index is 759. The molecule has 0 atom stereocenters. The van der Waals surface area contributed by atoms with Crippen molar-refractivity contribution in [3.05, 3.63) is 70.8 Å². The highest BCUT2D eigenvalue weighted by Gasteiger charge is 2.29. The summed E-state index contributed by atoms with van der Waals surface area (Å²) in [5.74, 6) is -0.830. The molecule has 0 saturated carbocycles. The quantitative estimate of drug-likeness (QED) is 0.620. The Morgan fingerprint density at radius 1 is 1.04 bits per heavy atom. The number of hydrogen-bond donors (Lipinski definition) is 1. The van der Waals surface area contributed by atoms with Gasteiger partial charge in [-0.2, -0.15) is 0 Å². The molecule has 0 bridgehead atoms. The van der Waals surface area contributed by atoms with Crippen molar-refractivity contribution in [2.75, 3.05) is 0 Å². The number of aliphatic carboxylic acids is 1. The molecule has 5 heteroatoms. The molecular weight excluding hydrogens is 328 g/mol. The fourth-order valence-corrected chi connectivity index (χ4v) is 1.99. The van der Waals surface area contributed by atoms with Gasteiger partial charge in [-0.3, -0.25) is 4.79 Å². The lowest BCUT2D eigenvalue weighted by atomic mass is 10.1. The number of rotatable bonds is 6. The molecule has 0 aliphatic rings. The maximum atomic E-state index is 12.1. The van der Waals surface area contributed by atoms with Crippen molar-refractivity contribution in [3.8, 4) is 5.75 Å². The van der Waals surface area contributed by atoms with Crippen LogP contribution in [0.3, 0.4) is 0 Å². The molecule has 1 N–H and O–H groups in total. The summed E-state index contributed by atoms with van der Waals surface area (Å²) in [5.41, 5.74) is 0.0246. The molecule has 0 unspecified atom stereocenters. The van der Waals surface area contributed by atoms with Crippen molar-refractivity contribution >= 4 is 29.4 Å². The summed E-state index contributed by atoms with van der Waals surface area (Å²) in [7, 11) is 0. The molecule has 0 saturated heterocycles. The van der Waals surface area contributed by atoms with Crippen LogP contribution >= 0.6 is 11.6 Å². The molecule has 0 fully saturated rings. The second-order valence-corrected chi connectivity index (χ2v) is 6.13. The molecule has 0 aliphatic heterocycles. The van der Waals surface area contributed by atoms with Crippen LogP contribution in [0.25, 0.3) is 6.08 Å². The van der Waals surface area contributed by atoms with Gasteiger partial charge in [0.2, 0.25) is 0 Å². The fraction of sp³-hybridized carbons (Fsp3) is 0.158.